The molecule has 8 heavy (non-hydrogen) atoms. The van der Waals surface area contributed by atoms with Crippen molar-refractivity contribution in [3.8, 4) is 0 Å². The lowest BCUT2D eigenvalue weighted by molar-refractivity contribution is -0.115. The van der Waals surface area contributed by atoms with E-state index in [1.54, 1.807) is 0 Å². The highest BCUT2D eigenvalue weighted by Crippen LogP contribution is 1.65. The molecule has 0 unspecified atom stereocenters. The molecule has 0 radical (unpaired) electrons. The van der Waals surface area contributed by atoms with Gasteiger partial charge in [0.05, 0.1) is 0 Å². The van der Waals surface area contributed by atoms with Crippen LogP contribution in [0, 0.1) is 0 Å². The fourth-order valence-electron chi connectivity index (χ4n) is 0.164. The lowest BCUT2D eigenvalue weighted by Crippen LogP contribution is -2.10. The molecule has 0 aromatic heterocycles. The Kier molecular flexibility index (Phi) is 2.33. The van der Waals surface area contributed by atoms with E-state index in [1.165, 1.54) is 0 Å². The first kappa shape index (κ1) is 6.68. The second-order valence-corrected chi connectivity index (χ2v) is 1.14. The maximum Gasteiger partial charge on any atom is 0.241 e. The summed E-state index contributed by atoms with van der Waals surface area (Å²) in [6, 6.07) is 0. The van der Waals surface area contributed by atoms with E-state index in [1.807, 2.05) is 0 Å². The minimum Gasteiger partial charge on any atom is -0.366 e. The van der Waals surface area contributed by atoms with Gasteiger partial charge in [-0.15, -0.1) is 0 Å². The summed E-state index contributed by atoms with van der Waals surface area (Å²) in [5.41, 5.74) is 9.21. The highest BCUT2D eigenvalue weighted by molar-refractivity contribution is 5.95. The molecule has 0 heterocycles. The number of amides is 2. The molecule has 0 fully saturated rings. The normalized spacial score (nSPS) is 9.50. The minimum atomic E-state index is -0.677. The van der Waals surface area contributed by atoms with Crippen LogP contribution in [0.15, 0.2) is 12.2 Å². The quantitative estimate of drug-likeness (QED) is 0.428. The molecule has 4 heteroatoms. The van der Waals surface area contributed by atoms with Gasteiger partial charge in [-0.3, -0.25) is 9.59 Å². The Morgan fingerprint density at radius 3 is 1.38 bits per heavy atom. The monoisotopic (exact) mass is 114 g/mol. The first-order valence-corrected chi connectivity index (χ1v) is 1.90. The molecule has 0 aliphatic heterocycles. The van der Waals surface area contributed by atoms with E-state index in [0.717, 1.165) is 12.2 Å². The number of rotatable bonds is 2. The van der Waals surface area contributed by atoms with Gasteiger partial charge in [-0.2, -0.15) is 0 Å². The summed E-state index contributed by atoms with van der Waals surface area (Å²) in [6.07, 6.45) is 1.81. The van der Waals surface area contributed by atoms with Gasteiger partial charge in [-0.25, -0.2) is 0 Å². The van der Waals surface area contributed by atoms with Gasteiger partial charge in [0.25, 0.3) is 0 Å². The molecular formula is C4H6N2O2. The average Bonchev–Trinajstić information content (AvgIpc) is 1.61. The molecule has 0 aliphatic carbocycles. The summed E-state index contributed by atoms with van der Waals surface area (Å²) >= 11 is 0. The molecule has 0 aromatic carbocycles. The number of hydrogen-bond donors (Lipinski definition) is 2. The maximum atomic E-state index is 9.83. The van der Waals surface area contributed by atoms with Crippen molar-refractivity contribution in [3.63, 3.8) is 0 Å². The Balaban J connectivity index is 3.67. The summed E-state index contributed by atoms with van der Waals surface area (Å²) in [6.45, 7) is 0. The van der Waals surface area contributed by atoms with Gasteiger partial charge in [0.15, 0.2) is 0 Å². The minimum absolute atomic E-state index is 0.677. The van der Waals surface area contributed by atoms with Crippen LogP contribution in [0.4, 0.5) is 0 Å². The molecule has 0 saturated carbocycles. The number of nitrogens with two attached hydrogens (primary N) is 2. The molecule has 0 rings (SSSR count). The Hall–Kier alpha value is -1.32. The second kappa shape index (κ2) is 2.79. The van der Waals surface area contributed by atoms with Crippen molar-refractivity contribution in [2.45, 2.75) is 0 Å². The van der Waals surface area contributed by atoms with E-state index in [2.05, 4.69) is 11.5 Å². The zero-order valence-electron chi connectivity index (χ0n) is 4.13. The topological polar surface area (TPSA) is 86.2 Å². The van der Waals surface area contributed by atoms with E-state index in [9.17, 15) is 9.59 Å². The van der Waals surface area contributed by atoms with Crippen molar-refractivity contribution in [1.82, 2.24) is 0 Å². The number of carbonyl (C=O) groups excluding carboxylic acids is 2. The third kappa shape index (κ3) is 4.68. The van der Waals surface area contributed by atoms with E-state index in [4.69, 9.17) is 0 Å². The van der Waals surface area contributed by atoms with E-state index < -0.39 is 11.8 Å². The van der Waals surface area contributed by atoms with E-state index >= 15 is 0 Å². The van der Waals surface area contributed by atoms with Crippen molar-refractivity contribution in [3.05, 3.63) is 12.2 Å². The average molecular weight is 114 g/mol. The lowest BCUT2D eigenvalue weighted by Gasteiger charge is -1.76. The van der Waals surface area contributed by atoms with Crippen LogP contribution in [0.5, 0.6) is 0 Å². The molecule has 2 amide bonds. The highest BCUT2D eigenvalue weighted by Gasteiger charge is 1.83. The van der Waals surface area contributed by atoms with Gasteiger partial charge in [-0.1, -0.05) is 0 Å². The molecule has 0 atom stereocenters. The fraction of sp³-hybridized carbons (Fsp3) is 0. The second-order valence-electron chi connectivity index (χ2n) is 1.14. The van der Waals surface area contributed by atoms with Crippen molar-refractivity contribution >= 4 is 11.8 Å². The third-order valence-corrected chi connectivity index (χ3v) is 0.412. The van der Waals surface area contributed by atoms with Crippen LogP contribution >= 0.6 is 0 Å². The zero-order valence-corrected chi connectivity index (χ0v) is 4.13. The Bertz CT molecular complexity index is 123. The van der Waals surface area contributed by atoms with Crippen LogP contribution in [0.2, 0.25) is 0 Å². The molecule has 44 valence electrons. The first-order chi connectivity index (χ1) is 3.63. The van der Waals surface area contributed by atoms with Crippen LogP contribution in [0.25, 0.3) is 0 Å². The standard InChI is InChI=1S/C4H6N2O2/c5-3(7)1-2-4(6)8/h1-2H,(H2,5,7)(H2,6,8)/b2-1-. The molecule has 0 bridgehead atoms. The van der Waals surface area contributed by atoms with Crippen LogP contribution < -0.4 is 11.5 Å². The van der Waals surface area contributed by atoms with Crippen molar-refractivity contribution < 1.29 is 9.59 Å². The molecule has 4 N–H and O–H groups in total. The van der Waals surface area contributed by atoms with Crippen molar-refractivity contribution in [2.24, 2.45) is 11.5 Å². The molecule has 0 spiro atoms. The van der Waals surface area contributed by atoms with Gasteiger partial charge in [0, 0.05) is 12.2 Å². The van der Waals surface area contributed by atoms with E-state index in [0.29, 0.717) is 0 Å². The third-order valence-electron chi connectivity index (χ3n) is 0.412. The summed E-state index contributed by atoms with van der Waals surface area (Å²) < 4.78 is 0. The Morgan fingerprint density at radius 1 is 1.00 bits per heavy atom. The smallest absolute Gasteiger partial charge is 0.241 e. The SMILES string of the molecule is NC(=O)/C=C\C(N)=O. The zero-order chi connectivity index (χ0) is 6.57. The molecule has 0 aliphatic rings. The fourth-order valence-corrected chi connectivity index (χ4v) is 0.164. The van der Waals surface area contributed by atoms with Gasteiger partial charge in [-0.05, 0) is 0 Å². The molecule has 4 nitrogen and oxygen atoms in total. The van der Waals surface area contributed by atoms with Gasteiger partial charge in [0.2, 0.25) is 11.8 Å². The summed E-state index contributed by atoms with van der Waals surface area (Å²) in [5, 5.41) is 0. The summed E-state index contributed by atoms with van der Waals surface area (Å²) in [7, 11) is 0. The molecule has 0 aromatic rings. The predicted molar refractivity (Wildman–Crippen MR) is 27.5 cm³/mol. The number of primary amides is 2. The lowest BCUT2D eigenvalue weighted by atomic mass is 10.5. The van der Waals surface area contributed by atoms with Crippen LogP contribution in [-0.2, 0) is 9.59 Å². The van der Waals surface area contributed by atoms with Gasteiger partial charge >= 0.3 is 0 Å². The molecule has 0 saturated heterocycles. The van der Waals surface area contributed by atoms with Crippen LogP contribution in [-0.4, -0.2) is 11.8 Å². The van der Waals surface area contributed by atoms with Crippen LogP contribution in [0.1, 0.15) is 0 Å². The maximum absolute atomic E-state index is 9.83. The Labute approximate surface area is 46.1 Å². The van der Waals surface area contributed by atoms with Gasteiger partial charge < -0.3 is 11.5 Å². The van der Waals surface area contributed by atoms with E-state index in [-0.39, 0.29) is 0 Å². The van der Waals surface area contributed by atoms with Gasteiger partial charge in [0.1, 0.15) is 0 Å². The summed E-state index contributed by atoms with van der Waals surface area (Å²) in [5.74, 6) is -1.35. The Morgan fingerprint density at radius 2 is 1.25 bits per heavy atom. The van der Waals surface area contributed by atoms with Crippen molar-refractivity contribution in [1.29, 1.82) is 0 Å². The molecular weight excluding hydrogens is 108 g/mol. The van der Waals surface area contributed by atoms with Crippen LogP contribution in [0.3, 0.4) is 0 Å². The number of carbonyl (C=O) groups is 2. The summed E-state index contributed by atoms with van der Waals surface area (Å²) in [4.78, 5) is 19.7. The van der Waals surface area contributed by atoms with Crippen molar-refractivity contribution in [2.75, 3.05) is 0 Å². The predicted octanol–water partition coefficient (Wildman–Crippen LogP) is -1.49. The largest absolute Gasteiger partial charge is 0.366 e. The highest BCUT2D eigenvalue weighted by atomic mass is 16.1. The number of hydrogen-bond acceptors (Lipinski definition) is 2. The first-order valence-electron chi connectivity index (χ1n) is 1.90.